The number of likely N-dealkylation sites (tertiary alicyclic amines) is 1. The number of hydrogen-bond acceptors (Lipinski definition) is 6. The first kappa shape index (κ1) is 15.6. The number of aromatic nitrogens is 3. The number of hydrogen-bond donors (Lipinski definition) is 1. The SMILES string of the molecule is Cc1cccc(NC[C@@H]2CCN([C@H](C)c3nc(C4CC4)no3)C2)n1. The van der Waals surface area contributed by atoms with Crippen molar-refractivity contribution in [2.24, 2.45) is 5.92 Å². The van der Waals surface area contributed by atoms with Crippen LogP contribution in [0.25, 0.3) is 0 Å². The summed E-state index contributed by atoms with van der Waals surface area (Å²) in [6.07, 6.45) is 3.60. The molecular formula is C18H25N5O. The van der Waals surface area contributed by atoms with E-state index in [0.29, 0.717) is 11.8 Å². The quantitative estimate of drug-likeness (QED) is 0.879. The molecule has 6 heteroatoms. The predicted octanol–water partition coefficient (Wildman–Crippen LogP) is 3.15. The van der Waals surface area contributed by atoms with Gasteiger partial charge in [-0.15, -0.1) is 0 Å². The van der Waals surface area contributed by atoms with Crippen LogP contribution in [0.1, 0.15) is 55.6 Å². The highest BCUT2D eigenvalue weighted by molar-refractivity contribution is 5.35. The van der Waals surface area contributed by atoms with Gasteiger partial charge in [-0.3, -0.25) is 4.90 Å². The van der Waals surface area contributed by atoms with Gasteiger partial charge in [0.25, 0.3) is 0 Å². The Labute approximate surface area is 142 Å². The fraction of sp³-hybridized carbons (Fsp3) is 0.611. The minimum Gasteiger partial charge on any atom is -0.370 e. The van der Waals surface area contributed by atoms with Crippen molar-refractivity contribution in [1.82, 2.24) is 20.0 Å². The average molecular weight is 327 g/mol. The van der Waals surface area contributed by atoms with E-state index in [1.54, 1.807) is 0 Å². The van der Waals surface area contributed by atoms with Gasteiger partial charge in [-0.1, -0.05) is 11.2 Å². The summed E-state index contributed by atoms with van der Waals surface area (Å²) in [4.78, 5) is 11.5. The molecule has 2 aromatic rings. The summed E-state index contributed by atoms with van der Waals surface area (Å²) in [6.45, 7) is 7.28. The van der Waals surface area contributed by atoms with Crippen LogP contribution in [0.4, 0.5) is 5.82 Å². The molecule has 2 fully saturated rings. The third-order valence-corrected chi connectivity index (χ3v) is 5.08. The first-order valence-corrected chi connectivity index (χ1v) is 8.94. The Hall–Kier alpha value is -1.95. The van der Waals surface area contributed by atoms with Gasteiger partial charge in [-0.25, -0.2) is 4.98 Å². The molecule has 2 aromatic heterocycles. The van der Waals surface area contributed by atoms with Crippen LogP contribution in [-0.4, -0.2) is 39.7 Å². The zero-order valence-corrected chi connectivity index (χ0v) is 14.4. The first-order chi connectivity index (χ1) is 11.7. The molecule has 2 aliphatic rings. The smallest absolute Gasteiger partial charge is 0.243 e. The number of aryl methyl sites for hydroxylation is 1. The van der Waals surface area contributed by atoms with Crippen molar-refractivity contribution < 1.29 is 4.52 Å². The average Bonchev–Trinajstić information content (AvgIpc) is 3.12. The molecule has 0 aromatic carbocycles. The van der Waals surface area contributed by atoms with Crippen molar-refractivity contribution in [1.29, 1.82) is 0 Å². The summed E-state index contributed by atoms with van der Waals surface area (Å²) in [7, 11) is 0. The molecular weight excluding hydrogens is 302 g/mol. The van der Waals surface area contributed by atoms with Crippen LogP contribution in [0.3, 0.4) is 0 Å². The lowest BCUT2D eigenvalue weighted by Gasteiger charge is -2.21. The van der Waals surface area contributed by atoms with Crippen LogP contribution < -0.4 is 5.32 Å². The molecule has 1 saturated heterocycles. The predicted molar refractivity (Wildman–Crippen MR) is 91.8 cm³/mol. The highest BCUT2D eigenvalue weighted by Gasteiger charge is 2.32. The lowest BCUT2D eigenvalue weighted by atomic mass is 10.1. The van der Waals surface area contributed by atoms with Crippen LogP contribution in [-0.2, 0) is 0 Å². The second-order valence-electron chi connectivity index (χ2n) is 7.14. The molecule has 1 N–H and O–H groups in total. The van der Waals surface area contributed by atoms with E-state index in [-0.39, 0.29) is 6.04 Å². The molecule has 4 rings (SSSR count). The minimum atomic E-state index is 0.201. The van der Waals surface area contributed by atoms with Crippen molar-refractivity contribution in [3.8, 4) is 0 Å². The molecule has 0 bridgehead atoms. The number of rotatable bonds is 6. The van der Waals surface area contributed by atoms with Crippen molar-refractivity contribution in [2.75, 3.05) is 25.0 Å². The molecule has 0 amide bonds. The number of anilines is 1. The molecule has 1 aliphatic heterocycles. The molecule has 2 atom stereocenters. The molecule has 1 saturated carbocycles. The fourth-order valence-corrected chi connectivity index (χ4v) is 3.35. The Morgan fingerprint density at radius 3 is 2.96 bits per heavy atom. The van der Waals surface area contributed by atoms with Crippen LogP contribution in [0.2, 0.25) is 0 Å². The second kappa shape index (κ2) is 6.51. The maximum atomic E-state index is 5.49. The molecule has 1 aliphatic carbocycles. The van der Waals surface area contributed by atoms with E-state index in [2.05, 4.69) is 32.3 Å². The van der Waals surface area contributed by atoms with Crippen molar-refractivity contribution in [3.05, 3.63) is 35.6 Å². The molecule has 128 valence electrons. The third kappa shape index (κ3) is 3.43. The number of nitrogens with one attached hydrogen (secondary N) is 1. The van der Waals surface area contributed by atoms with E-state index in [9.17, 15) is 0 Å². The lowest BCUT2D eigenvalue weighted by molar-refractivity contribution is 0.203. The summed E-state index contributed by atoms with van der Waals surface area (Å²) in [5.41, 5.74) is 1.05. The van der Waals surface area contributed by atoms with Gasteiger partial charge in [0.1, 0.15) is 5.82 Å². The van der Waals surface area contributed by atoms with Crippen molar-refractivity contribution in [2.45, 2.75) is 45.1 Å². The van der Waals surface area contributed by atoms with Gasteiger partial charge in [-0.05, 0) is 57.7 Å². The molecule has 0 spiro atoms. The van der Waals surface area contributed by atoms with Gasteiger partial charge >= 0.3 is 0 Å². The monoisotopic (exact) mass is 327 g/mol. The van der Waals surface area contributed by atoms with E-state index >= 15 is 0 Å². The molecule has 24 heavy (non-hydrogen) atoms. The Morgan fingerprint density at radius 1 is 1.29 bits per heavy atom. The summed E-state index contributed by atoms with van der Waals surface area (Å²) in [5.74, 6) is 3.81. The van der Waals surface area contributed by atoms with Crippen LogP contribution >= 0.6 is 0 Å². The van der Waals surface area contributed by atoms with Gasteiger partial charge < -0.3 is 9.84 Å². The Bertz CT molecular complexity index is 696. The van der Waals surface area contributed by atoms with Gasteiger partial charge in [-0.2, -0.15) is 4.98 Å². The number of pyridine rings is 1. The maximum absolute atomic E-state index is 5.49. The largest absolute Gasteiger partial charge is 0.370 e. The lowest BCUT2D eigenvalue weighted by Crippen LogP contribution is -2.26. The molecule has 6 nitrogen and oxygen atoms in total. The topological polar surface area (TPSA) is 67.1 Å². The van der Waals surface area contributed by atoms with Crippen molar-refractivity contribution in [3.63, 3.8) is 0 Å². The summed E-state index contributed by atoms with van der Waals surface area (Å²) < 4.78 is 5.49. The maximum Gasteiger partial charge on any atom is 0.243 e. The fourth-order valence-electron chi connectivity index (χ4n) is 3.35. The molecule has 3 heterocycles. The highest BCUT2D eigenvalue weighted by atomic mass is 16.5. The van der Waals surface area contributed by atoms with E-state index in [4.69, 9.17) is 4.52 Å². The van der Waals surface area contributed by atoms with Crippen molar-refractivity contribution >= 4 is 5.82 Å². The first-order valence-electron chi connectivity index (χ1n) is 8.94. The Kier molecular flexibility index (Phi) is 4.22. The Morgan fingerprint density at radius 2 is 2.17 bits per heavy atom. The van der Waals surface area contributed by atoms with Gasteiger partial charge in [0.15, 0.2) is 5.82 Å². The summed E-state index contributed by atoms with van der Waals surface area (Å²) >= 11 is 0. The summed E-state index contributed by atoms with van der Waals surface area (Å²) in [6, 6.07) is 6.29. The van der Waals surface area contributed by atoms with E-state index < -0.39 is 0 Å². The minimum absolute atomic E-state index is 0.201. The van der Waals surface area contributed by atoms with E-state index in [1.165, 1.54) is 19.3 Å². The normalized spacial score (nSPS) is 22.7. The summed E-state index contributed by atoms with van der Waals surface area (Å²) in [5, 5.41) is 7.61. The number of nitrogens with zero attached hydrogens (tertiary/aromatic N) is 4. The van der Waals surface area contributed by atoms with Gasteiger partial charge in [0, 0.05) is 24.7 Å². The zero-order chi connectivity index (χ0) is 16.5. The molecule has 0 unspecified atom stereocenters. The molecule has 0 radical (unpaired) electrons. The van der Waals surface area contributed by atoms with Gasteiger partial charge in [0.2, 0.25) is 5.89 Å². The Balaban J connectivity index is 1.30. The second-order valence-corrected chi connectivity index (χ2v) is 7.14. The van der Waals surface area contributed by atoms with Crippen LogP contribution in [0, 0.1) is 12.8 Å². The van der Waals surface area contributed by atoms with E-state index in [1.807, 2.05) is 25.1 Å². The van der Waals surface area contributed by atoms with Crippen LogP contribution in [0.5, 0.6) is 0 Å². The van der Waals surface area contributed by atoms with Crippen LogP contribution in [0.15, 0.2) is 22.7 Å². The third-order valence-electron chi connectivity index (χ3n) is 5.08. The van der Waals surface area contributed by atoms with E-state index in [0.717, 1.165) is 42.9 Å². The standard InChI is InChI=1S/C18H25N5O/c1-12-4-3-5-16(20-12)19-10-14-8-9-23(11-14)13(2)18-21-17(22-24-18)15-6-7-15/h3-5,13-15H,6-11H2,1-2H3,(H,19,20)/t13-,14+/m1/s1. The highest BCUT2D eigenvalue weighted by Crippen LogP contribution is 2.39. The van der Waals surface area contributed by atoms with Gasteiger partial charge in [0.05, 0.1) is 6.04 Å². The zero-order valence-electron chi connectivity index (χ0n) is 14.4.